The molecule has 0 N–H and O–H groups in total. The van der Waals surface area contributed by atoms with Crippen molar-refractivity contribution in [2.24, 2.45) is 0 Å². The first kappa shape index (κ1) is 26.9. The van der Waals surface area contributed by atoms with Gasteiger partial charge in [-0.2, -0.15) is 0 Å². The Balaban J connectivity index is 4.13. The maximum absolute atomic E-state index is 11.3. The fourth-order valence-electron chi connectivity index (χ4n) is 2.81. The fraction of sp³-hybridized carbons (Fsp3) is 0.842. The third-order valence-corrected chi connectivity index (χ3v) is 13.8. The number of unbranched alkanes of at least 4 members (excludes halogenated alkanes) is 1. The molecular weight excluding hydrogens is 396 g/mol. The average Bonchev–Trinajstić information content (AvgIpc) is 2.49. The topological polar surface area (TPSA) is 54.0 Å². The molecule has 0 bridgehead atoms. The van der Waals surface area contributed by atoms with Crippen LogP contribution in [-0.2, 0) is 22.0 Å². The molecule has 0 atom stereocenters. The van der Waals surface area contributed by atoms with E-state index >= 15 is 0 Å². The summed E-state index contributed by atoms with van der Waals surface area (Å²) in [6.07, 6.45) is 7.65. The molecular formula is C19H42O5SSi2. The molecule has 8 heteroatoms. The number of hydrogen-bond acceptors (Lipinski definition) is 5. The average molecular weight is 439 g/mol. The van der Waals surface area contributed by atoms with Crippen molar-refractivity contribution in [2.75, 3.05) is 32.3 Å². The van der Waals surface area contributed by atoms with Gasteiger partial charge >= 0.3 is 5.97 Å². The highest BCUT2D eigenvalue weighted by Gasteiger charge is 2.33. The minimum atomic E-state index is -1.81. The molecule has 0 aliphatic carbocycles. The first-order valence-corrected chi connectivity index (χ1v) is 18.4. The summed E-state index contributed by atoms with van der Waals surface area (Å²) in [6.45, 7) is 17.8. The molecule has 0 aromatic carbocycles. The first-order valence-electron chi connectivity index (χ1n) is 9.85. The Hall–Kier alpha value is -0.126. The molecule has 0 heterocycles. The molecule has 0 rings (SSSR count). The van der Waals surface area contributed by atoms with Crippen molar-refractivity contribution in [1.82, 2.24) is 0 Å². The zero-order chi connectivity index (χ0) is 21.1. The molecule has 27 heavy (non-hydrogen) atoms. The van der Waals surface area contributed by atoms with Crippen LogP contribution < -0.4 is 0 Å². The number of carbonyl (C=O) groups is 1. The highest BCUT2D eigenvalue weighted by molar-refractivity contribution is 8.26. The molecule has 0 saturated carbocycles. The van der Waals surface area contributed by atoms with Crippen LogP contribution in [0, 0.1) is 0 Å². The van der Waals surface area contributed by atoms with Crippen LogP contribution >= 0.6 is 10.6 Å². The maximum atomic E-state index is 11.3. The Morgan fingerprint density at radius 3 is 1.93 bits per heavy atom. The van der Waals surface area contributed by atoms with Crippen LogP contribution in [0.4, 0.5) is 0 Å². The van der Waals surface area contributed by atoms with Crippen LogP contribution in [0.15, 0.2) is 12.2 Å². The van der Waals surface area contributed by atoms with Crippen molar-refractivity contribution >= 4 is 33.2 Å². The minimum absolute atomic E-state index is 0.269. The first-order chi connectivity index (χ1) is 12.3. The summed E-state index contributed by atoms with van der Waals surface area (Å²) in [5.41, 5.74) is 0.410. The maximum Gasteiger partial charge on any atom is 0.333 e. The minimum Gasteiger partial charge on any atom is -0.460 e. The van der Waals surface area contributed by atoms with E-state index in [9.17, 15) is 4.79 Å². The van der Waals surface area contributed by atoms with E-state index < -0.39 is 27.2 Å². The highest BCUT2D eigenvalue weighted by atomic mass is 32.3. The lowest BCUT2D eigenvalue weighted by Gasteiger charge is -2.46. The fourth-order valence-corrected chi connectivity index (χ4v) is 14.8. The van der Waals surface area contributed by atoms with E-state index in [0.29, 0.717) is 18.8 Å². The van der Waals surface area contributed by atoms with Gasteiger partial charge < -0.3 is 17.2 Å². The number of esters is 1. The normalized spacial score (nSPS) is 13.5. The van der Waals surface area contributed by atoms with E-state index in [0.717, 1.165) is 12.5 Å². The van der Waals surface area contributed by atoms with Gasteiger partial charge in [0, 0.05) is 24.7 Å². The number of carbonyl (C=O) groups excluding carboxylic acids is 1. The second-order valence-electron chi connectivity index (χ2n) is 8.56. The molecule has 0 amide bonds. The molecule has 0 fully saturated rings. The number of rotatable bonds is 15. The molecule has 162 valence electrons. The van der Waals surface area contributed by atoms with E-state index in [-0.39, 0.29) is 12.6 Å². The molecule has 0 aliphatic heterocycles. The zero-order valence-corrected chi connectivity index (χ0v) is 21.6. The van der Waals surface area contributed by atoms with Gasteiger partial charge in [-0.15, -0.1) is 0 Å². The molecule has 0 spiro atoms. The van der Waals surface area contributed by atoms with Crippen LogP contribution in [0.3, 0.4) is 0 Å². The quantitative estimate of drug-likeness (QED) is 0.143. The van der Waals surface area contributed by atoms with Crippen LogP contribution in [0.1, 0.15) is 33.1 Å². The van der Waals surface area contributed by atoms with Gasteiger partial charge in [-0.1, -0.05) is 26.3 Å². The Morgan fingerprint density at radius 2 is 1.44 bits per heavy atom. The molecule has 0 unspecified atom stereocenters. The summed E-state index contributed by atoms with van der Waals surface area (Å²) < 4.78 is 23.6. The third kappa shape index (κ3) is 14.5. The Kier molecular flexibility index (Phi) is 12.4. The summed E-state index contributed by atoms with van der Waals surface area (Å²) in [5, 5.41) is 0. The van der Waals surface area contributed by atoms with Crippen LogP contribution in [0.5, 0.6) is 0 Å². The van der Waals surface area contributed by atoms with E-state index in [1.807, 2.05) is 0 Å². The number of ether oxygens (including phenoxy) is 2. The highest BCUT2D eigenvalue weighted by Crippen LogP contribution is 2.49. The lowest BCUT2D eigenvalue weighted by molar-refractivity contribution is -0.140. The van der Waals surface area contributed by atoms with Gasteiger partial charge in [0.05, 0.1) is 6.61 Å². The lowest BCUT2D eigenvalue weighted by atomic mass is 10.4. The van der Waals surface area contributed by atoms with Gasteiger partial charge in [0.2, 0.25) is 16.6 Å². The van der Waals surface area contributed by atoms with E-state index in [2.05, 4.69) is 52.2 Å². The van der Waals surface area contributed by atoms with Crippen LogP contribution in [0.25, 0.3) is 0 Å². The number of hydrogen-bond donors (Lipinski definition) is 0. The molecule has 0 aromatic rings. The SMILES string of the molecule is C=C(C)C(=O)OCCOCCC[Si](C)(C)OS(C)(C)O[Si](C)(C)CCCC. The zero-order valence-electron chi connectivity index (χ0n) is 18.8. The van der Waals surface area contributed by atoms with Crippen molar-refractivity contribution in [3.05, 3.63) is 12.2 Å². The van der Waals surface area contributed by atoms with E-state index in [1.165, 1.54) is 18.9 Å². The van der Waals surface area contributed by atoms with Crippen molar-refractivity contribution in [3.8, 4) is 0 Å². The van der Waals surface area contributed by atoms with E-state index in [1.54, 1.807) is 6.92 Å². The smallest absolute Gasteiger partial charge is 0.333 e. The van der Waals surface area contributed by atoms with Gasteiger partial charge in [0.1, 0.15) is 6.61 Å². The van der Waals surface area contributed by atoms with Crippen molar-refractivity contribution in [2.45, 2.75) is 71.4 Å². The van der Waals surface area contributed by atoms with Crippen molar-refractivity contribution in [3.63, 3.8) is 0 Å². The summed E-state index contributed by atoms with van der Waals surface area (Å²) in [4.78, 5) is 11.3. The largest absolute Gasteiger partial charge is 0.460 e. The second kappa shape index (κ2) is 12.4. The third-order valence-electron chi connectivity index (χ3n) is 3.86. The Bertz CT molecular complexity index is 467. The summed E-state index contributed by atoms with van der Waals surface area (Å²) in [6, 6.07) is 2.21. The molecule has 0 aromatic heterocycles. The lowest BCUT2D eigenvalue weighted by Crippen LogP contribution is -2.37. The molecule has 0 saturated heterocycles. The summed E-state index contributed by atoms with van der Waals surface area (Å²) in [7, 11) is -4.96. The van der Waals surface area contributed by atoms with Gasteiger partial charge in [-0.3, -0.25) is 0 Å². The van der Waals surface area contributed by atoms with Gasteiger partial charge in [0.25, 0.3) is 0 Å². The second-order valence-corrected chi connectivity index (χ2v) is 20.2. The Morgan fingerprint density at radius 1 is 0.926 bits per heavy atom. The van der Waals surface area contributed by atoms with Crippen LogP contribution in [-0.4, -0.2) is 54.9 Å². The predicted octanol–water partition coefficient (Wildman–Crippen LogP) is 5.65. The van der Waals surface area contributed by atoms with Gasteiger partial charge in [0.15, 0.2) is 0 Å². The van der Waals surface area contributed by atoms with E-state index in [4.69, 9.17) is 17.2 Å². The van der Waals surface area contributed by atoms with Gasteiger partial charge in [-0.05, 0) is 51.6 Å². The molecule has 0 aliphatic rings. The predicted molar refractivity (Wildman–Crippen MR) is 122 cm³/mol. The molecule has 5 nitrogen and oxygen atoms in total. The summed E-state index contributed by atoms with van der Waals surface area (Å²) in [5.74, 6) is -0.365. The van der Waals surface area contributed by atoms with Gasteiger partial charge in [-0.25, -0.2) is 15.4 Å². The monoisotopic (exact) mass is 438 g/mol. The van der Waals surface area contributed by atoms with Crippen LogP contribution in [0.2, 0.25) is 38.3 Å². The standard InChI is InChI=1S/C19H42O5SSi2/c1-10-11-16-26(6,7)23-25(4,5)24-27(8,9)17-12-13-21-14-15-22-19(20)18(2)3/h2,10-17H2,1,3-9H3. The summed E-state index contributed by atoms with van der Waals surface area (Å²) >= 11 is 0. The Labute approximate surface area is 171 Å². The van der Waals surface area contributed by atoms with Crippen molar-refractivity contribution < 1.29 is 22.0 Å². The van der Waals surface area contributed by atoms with Crippen molar-refractivity contribution in [1.29, 1.82) is 0 Å². The molecule has 0 radical (unpaired) electrons.